The zero-order chi connectivity index (χ0) is 5.28. The highest BCUT2D eigenvalue weighted by Crippen LogP contribution is 1.78. The van der Waals surface area contributed by atoms with Crippen molar-refractivity contribution in [1.29, 1.82) is 0 Å². The highest BCUT2D eigenvalue weighted by atomic mass is 35.5. The largest absolute Gasteiger partial charge is 0.217 e. The van der Waals surface area contributed by atoms with Crippen molar-refractivity contribution in [3.05, 3.63) is 11.9 Å². The molecule has 3 nitrogen and oxygen atoms in total. The molecule has 0 aromatic carbocycles. The number of nitrogens with zero attached hydrogens (tertiary/aromatic N) is 2. The Labute approximate surface area is 46.0 Å². The summed E-state index contributed by atoms with van der Waals surface area (Å²) >= 11 is 5.36. The predicted octanol–water partition coefficient (Wildman–Crippen LogP) is 0.00752. The third-order valence-corrected chi connectivity index (χ3v) is 0.795. The fourth-order valence-corrected chi connectivity index (χ4v) is 0.527. The molecule has 1 aromatic rings. The Morgan fingerprint density at radius 1 is 2.00 bits per heavy atom. The average Bonchev–Trinajstić information content (AvgIpc) is 1.87. The lowest BCUT2D eigenvalue weighted by atomic mass is 10.6. The lowest BCUT2D eigenvalue weighted by molar-refractivity contribution is -0.588. The molecule has 38 valence electrons. The van der Waals surface area contributed by atoms with E-state index in [1.807, 2.05) is 6.92 Å². The maximum absolute atomic E-state index is 5.36. The van der Waals surface area contributed by atoms with E-state index in [1.165, 1.54) is 4.20 Å². The Kier molecular flexibility index (Phi) is 0.982. The first-order chi connectivity index (χ1) is 3.29. The summed E-state index contributed by atoms with van der Waals surface area (Å²) in [7, 11) is 0. The van der Waals surface area contributed by atoms with E-state index >= 15 is 0 Å². The van der Waals surface area contributed by atoms with Gasteiger partial charge >= 0.3 is 0 Å². The van der Waals surface area contributed by atoms with Crippen molar-refractivity contribution in [2.45, 2.75) is 6.92 Å². The van der Waals surface area contributed by atoms with Gasteiger partial charge in [-0.05, 0) is 5.21 Å². The number of aromatic nitrogens is 3. The van der Waals surface area contributed by atoms with Crippen LogP contribution in [-0.2, 0) is 0 Å². The number of H-pyrrole nitrogens is 1. The van der Waals surface area contributed by atoms with Crippen LogP contribution in [0.4, 0.5) is 0 Å². The predicted molar refractivity (Wildman–Crippen MR) is 24.8 cm³/mol. The van der Waals surface area contributed by atoms with Crippen LogP contribution in [0.25, 0.3) is 0 Å². The molecule has 0 aliphatic carbocycles. The number of hydrogen-bond donors (Lipinski definition) is 1. The zero-order valence-corrected chi connectivity index (χ0v) is 4.61. The van der Waals surface area contributed by atoms with Gasteiger partial charge in [0.25, 0.3) is 0 Å². The molecular weight excluding hydrogens is 114 g/mol. The molecule has 0 amide bonds. The van der Waals surface area contributed by atoms with Crippen LogP contribution in [0.3, 0.4) is 0 Å². The van der Waals surface area contributed by atoms with Gasteiger partial charge in [-0.25, -0.2) is 0 Å². The summed E-state index contributed by atoms with van der Waals surface area (Å²) in [6.45, 7) is 1.86. The molecule has 7 heavy (non-hydrogen) atoms. The molecule has 0 atom stereocenters. The van der Waals surface area contributed by atoms with E-state index in [-0.39, 0.29) is 0 Å². The normalized spacial score (nSPS) is 9.43. The maximum atomic E-state index is 5.36. The van der Waals surface area contributed by atoms with Gasteiger partial charge in [-0.3, -0.25) is 0 Å². The van der Waals surface area contributed by atoms with Gasteiger partial charge in [0.1, 0.15) is 0 Å². The summed E-state index contributed by atoms with van der Waals surface area (Å²) < 4.78 is 1.27. The quantitative estimate of drug-likeness (QED) is 0.511. The SMILES string of the molecule is Cc1c[n+](Cl)[nH]n1. The number of aromatic amines is 1. The molecule has 0 bridgehead atoms. The minimum atomic E-state index is 0.884. The van der Waals surface area contributed by atoms with E-state index in [0.29, 0.717) is 0 Å². The average molecular weight is 119 g/mol. The molecule has 0 fully saturated rings. The van der Waals surface area contributed by atoms with Crippen LogP contribution in [0.2, 0.25) is 0 Å². The van der Waals surface area contributed by atoms with Crippen LogP contribution in [0.5, 0.6) is 0 Å². The first-order valence-corrected chi connectivity index (χ1v) is 2.22. The molecule has 1 rings (SSSR count). The summed E-state index contributed by atoms with van der Waals surface area (Å²) in [5.74, 6) is 0. The van der Waals surface area contributed by atoms with Crippen molar-refractivity contribution < 1.29 is 4.20 Å². The zero-order valence-electron chi connectivity index (χ0n) is 3.85. The summed E-state index contributed by atoms with van der Waals surface area (Å²) in [6.07, 6.45) is 1.68. The first-order valence-electron chi connectivity index (χ1n) is 1.89. The maximum Gasteiger partial charge on any atom is 0.217 e. The van der Waals surface area contributed by atoms with E-state index in [1.54, 1.807) is 6.20 Å². The molecule has 1 aromatic heterocycles. The summed E-state index contributed by atoms with van der Waals surface area (Å²) in [6, 6.07) is 0. The van der Waals surface area contributed by atoms with Gasteiger partial charge in [0.15, 0.2) is 18.0 Å². The van der Waals surface area contributed by atoms with Crippen LogP contribution in [0.15, 0.2) is 6.20 Å². The van der Waals surface area contributed by atoms with Gasteiger partial charge in [-0.15, -0.1) is 0 Å². The third kappa shape index (κ3) is 0.899. The second-order valence-corrected chi connectivity index (χ2v) is 1.66. The monoisotopic (exact) mass is 118 g/mol. The number of rotatable bonds is 0. The van der Waals surface area contributed by atoms with Gasteiger partial charge in [0.05, 0.1) is 0 Å². The molecular formula is C3H5ClN3+. The lowest BCUT2D eigenvalue weighted by Gasteiger charge is -1.60. The molecule has 1 N–H and O–H groups in total. The Balaban J connectivity index is 3.04. The lowest BCUT2D eigenvalue weighted by Crippen LogP contribution is -2.20. The standard InChI is InChI=1S/C3H4ClN3/c1-3-2-7(4)6-5-3/h2H,1H3/p+1. The van der Waals surface area contributed by atoms with E-state index in [4.69, 9.17) is 11.8 Å². The molecule has 0 unspecified atom stereocenters. The summed E-state index contributed by atoms with van der Waals surface area (Å²) in [5, 5.41) is 6.22. The summed E-state index contributed by atoms with van der Waals surface area (Å²) in [5.41, 5.74) is 0.884. The van der Waals surface area contributed by atoms with Crippen molar-refractivity contribution in [3.63, 3.8) is 0 Å². The topological polar surface area (TPSA) is 32.6 Å². The highest BCUT2D eigenvalue weighted by molar-refractivity contribution is 6.03. The van der Waals surface area contributed by atoms with Crippen LogP contribution in [-0.4, -0.2) is 10.3 Å². The minimum absolute atomic E-state index is 0.884. The molecule has 0 aliphatic rings. The highest BCUT2D eigenvalue weighted by Gasteiger charge is 1.96. The van der Waals surface area contributed by atoms with Crippen molar-refractivity contribution >= 4 is 11.8 Å². The van der Waals surface area contributed by atoms with Gasteiger partial charge in [-0.2, -0.15) is 0 Å². The van der Waals surface area contributed by atoms with E-state index in [9.17, 15) is 0 Å². The fourth-order valence-electron chi connectivity index (χ4n) is 0.348. The van der Waals surface area contributed by atoms with Crippen molar-refractivity contribution in [2.24, 2.45) is 0 Å². The Bertz CT molecular complexity index is 142. The third-order valence-electron chi connectivity index (χ3n) is 0.622. The van der Waals surface area contributed by atoms with Gasteiger partial charge in [0, 0.05) is 12.0 Å². The number of nitrogens with one attached hydrogen (secondary N) is 1. The molecule has 1 heterocycles. The van der Waals surface area contributed by atoms with Crippen LogP contribution in [0.1, 0.15) is 5.69 Å². The Morgan fingerprint density at radius 2 is 2.71 bits per heavy atom. The van der Waals surface area contributed by atoms with Gasteiger partial charge in [-0.1, -0.05) is 4.20 Å². The van der Waals surface area contributed by atoms with Crippen LogP contribution >= 0.6 is 11.8 Å². The molecule has 4 heteroatoms. The van der Waals surface area contributed by atoms with E-state index in [2.05, 4.69) is 10.3 Å². The Morgan fingerprint density at radius 3 is 2.86 bits per heavy atom. The van der Waals surface area contributed by atoms with E-state index < -0.39 is 0 Å². The number of aryl methyl sites for hydroxylation is 1. The summed E-state index contributed by atoms with van der Waals surface area (Å²) in [4.78, 5) is 0. The van der Waals surface area contributed by atoms with Gasteiger partial charge < -0.3 is 0 Å². The van der Waals surface area contributed by atoms with Crippen LogP contribution in [0, 0.1) is 6.92 Å². The van der Waals surface area contributed by atoms with Crippen molar-refractivity contribution in [1.82, 2.24) is 10.3 Å². The molecule has 0 saturated carbocycles. The first kappa shape index (κ1) is 4.59. The molecule has 0 radical (unpaired) electrons. The smallest absolute Gasteiger partial charge is 0.0580 e. The Hall–Kier alpha value is -0.570. The van der Waals surface area contributed by atoms with Gasteiger partial charge in [0.2, 0.25) is 5.69 Å². The van der Waals surface area contributed by atoms with Crippen molar-refractivity contribution in [3.8, 4) is 0 Å². The second-order valence-electron chi connectivity index (χ2n) is 1.29. The molecule has 0 aliphatic heterocycles. The van der Waals surface area contributed by atoms with E-state index in [0.717, 1.165) is 5.69 Å². The molecule has 0 spiro atoms. The minimum Gasteiger partial charge on any atom is -0.0580 e. The molecule has 0 saturated heterocycles. The van der Waals surface area contributed by atoms with Crippen LogP contribution < -0.4 is 4.20 Å². The number of hydrogen-bond acceptors (Lipinski definition) is 1. The second kappa shape index (κ2) is 1.50. The number of halogens is 1. The fraction of sp³-hybridized carbons (Fsp3) is 0.333. The van der Waals surface area contributed by atoms with Crippen molar-refractivity contribution in [2.75, 3.05) is 0 Å².